The third-order valence-electron chi connectivity index (χ3n) is 6.03. The molecule has 0 radical (unpaired) electrons. The first-order valence-electron chi connectivity index (χ1n) is 10.5. The third kappa shape index (κ3) is 4.19. The molecule has 33 heavy (non-hydrogen) atoms. The van der Waals surface area contributed by atoms with Gasteiger partial charge in [-0.3, -0.25) is 14.9 Å². The SMILES string of the molecule is COc1ccc(NC(=O)Nc2snnc2C(=O)N2C[C@H]3C[C@H](C2)c2cccc(=O)n2C3)cc1. The van der Waals surface area contributed by atoms with Gasteiger partial charge in [-0.1, -0.05) is 10.6 Å². The molecule has 5 rings (SSSR count). The van der Waals surface area contributed by atoms with Gasteiger partial charge in [-0.2, -0.15) is 0 Å². The number of ether oxygens (including phenoxy) is 1. The molecule has 0 saturated carbocycles. The van der Waals surface area contributed by atoms with Crippen LogP contribution in [-0.2, 0) is 6.54 Å². The molecule has 170 valence electrons. The molecule has 2 N–H and O–H groups in total. The van der Waals surface area contributed by atoms with E-state index in [0.717, 1.165) is 23.6 Å². The van der Waals surface area contributed by atoms with Crippen molar-refractivity contribution < 1.29 is 14.3 Å². The van der Waals surface area contributed by atoms with Gasteiger partial charge in [0.05, 0.1) is 7.11 Å². The number of anilines is 2. The van der Waals surface area contributed by atoms with Gasteiger partial charge in [-0.25, -0.2) is 4.79 Å². The van der Waals surface area contributed by atoms with E-state index in [1.165, 1.54) is 0 Å². The molecule has 2 atom stereocenters. The Hall–Kier alpha value is -3.73. The number of piperidine rings is 1. The number of carbonyl (C=O) groups is 2. The molecule has 2 bridgehead atoms. The standard InChI is InChI=1S/C22H22N6O4S/c1-32-16-7-5-15(6-8-16)23-22(31)24-20-19(25-26-33-20)21(30)27-10-13-9-14(12-27)17-3-2-4-18(29)28(17)11-13/h2-8,13-14H,9-12H2,1H3,(H2,23,24,31)/t13-,14-/m1/s1. The zero-order valence-electron chi connectivity index (χ0n) is 17.9. The monoisotopic (exact) mass is 466 g/mol. The summed E-state index contributed by atoms with van der Waals surface area (Å²) in [7, 11) is 1.57. The maximum Gasteiger partial charge on any atom is 0.324 e. The summed E-state index contributed by atoms with van der Waals surface area (Å²) in [5.41, 5.74) is 1.66. The summed E-state index contributed by atoms with van der Waals surface area (Å²) in [6, 6.07) is 11.7. The lowest BCUT2D eigenvalue weighted by Gasteiger charge is -2.42. The van der Waals surface area contributed by atoms with Crippen molar-refractivity contribution in [3.63, 3.8) is 0 Å². The molecule has 2 aliphatic rings. The van der Waals surface area contributed by atoms with Crippen molar-refractivity contribution >= 4 is 34.2 Å². The Kier molecular flexibility index (Phi) is 5.55. The van der Waals surface area contributed by atoms with Gasteiger partial charge in [0.1, 0.15) is 5.75 Å². The number of nitrogens with zero attached hydrogens (tertiary/aromatic N) is 4. The van der Waals surface area contributed by atoms with E-state index < -0.39 is 6.03 Å². The van der Waals surface area contributed by atoms with Gasteiger partial charge in [-0.05, 0) is 42.7 Å². The summed E-state index contributed by atoms with van der Waals surface area (Å²) in [4.78, 5) is 39.7. The molecule has 2 aliphatic heterocycles. The normalized spacial score (nSPS) is 18.9. The van der Waals surface area contributed by atoms with Crippen LogP contribution in [0.25, 0.3) is 0 Å². The van der Waals surface area contributed by atoms with Crippen LogP contribution in [0.4, 0.5) is 15.5 Å². The molecule has 4 heterocycles. The maximum atomic E-state index is 13.3. The predicted molar refractivity (Wildman–Crippen MR) is 123 cm³/mol. The Bertz CT molecular complexity index is 1250. The number of amides is 3. The smallest absolute Gasteiger partial charge is 0.324 e. The number of benzene rings is 1. The number of likely N-dealkylation sites (tertiary alicyclic amines) is 1. The highest BCUT2D eigenvalue weighted by molar-refractivity contribution is 7.10. The van der Waals surface area contributed by atoms with Crippen molar-refractivity contribution in [1.82, 2.24) is 19.1 Å². The van der Waals surface area contributed by atoms with Crippen molar-refractivity contribution in [2.75, 3.05) is 30.8 Å². The molecular formula is C22H22N6O4S. The van der Waals surface area contributed by atoms with E-state index in [9.17, 15) is 14.4 Å². The fraction of sp³-hybridized carbons (Fsp3) is 0.318. The van der Waals surface area contributed by atoms with Crippen LogP contribution in [0.5, 0.6) is 5.75 Å². The second kappa shape index (κ2) is 8.66. The lowest BCUT2D eigenvalue weighted by atomic mass is 9.83. The highest BCUT2D eigenvalue weighted by Gasteiger charge is 2.37. The summed E-state index contributed by atoms with van der Waals surface area (Å²) in [6.45, 7) is 1.62. The molecule has 11 heteroatoms. The Morgan fingerprint density at radius 2 is 1.91 bits per heavy atom. The average molecular weight is 467 g/mol. The minimum Gasteiger partial charge on any atom is -0.497 e. The minimum absolute atomic E-state index is 0.0000337. The first-order valence-corrected chi connectivity index (χ1v) is 11.3. The van der Waals surface area contributed by atoms with Crippen LogP contribution in [0.3, 0.4) is 0 Å². The minimum atomic E-state index is -0.496. The van der Waals surface area contributed by atoms with Gasteiger partial charge in [0.15, 0.2) is 10.7 Å². The zero-order valence-corrected chi connectivity index (χ0v) is 18.7. The first kappa shape index (κ1) is 21.1. The van der Waals surface area contributed by atoms with Gasteiger partial charge in [0, 0.05) is 54.5 Å². The summed E-state index contributed by atoms with van der Waals surface area (Å²) < 4.78 is 10.8. The second-order valence-electron chi connectivity index (χ2n) is 8.17. The largest absolute Gasteiger partial charge is 0.497 e. The van der Waals surface area contributed by atoms with Crippen LogP contribution in [0.2, 0.25) is 0 Å². The van der Waals surface area contributed by atoms with Gasteiger partial charge in [0.25, 0.3) is 11.5 Å². The molecule has 0 unspecified atom stereocenters. The van der Waals surface area contributed by atoms with Crippen LogP contribution in [0, 0.1) is 5.92 Å². The van der Waals surface area contributed by atoms with Crippen LogP contribution in [-0.4, -0.2) is 51.2 Å². The predicted octanol–water partition coefficient (Wildman–Crippen LogP) is 2.61. The molecule has 10 nitrogen and oxygen atoms in total. The Labute approximate surface area is 193 Å². The fourth-order valence-corrected chi connectivity index (χ4v) is 5.12. The zero-order chi connectivity index (χ0) is 22.9. The van der Waals surface area contributed by atoms with E-state index in [1.54, 1.807) is 48.4 Å². The first-order chi connectivity index (χ1) is 16.0. The maximum absolute atomic E-state index is 13.3. The summed E-state index contributed by atoms with van der Waals surface area (Å²) in [5, 5.41) is 9.67. The number of hydrogen-bond acceptors (Lipinski definition) is 7. The average Bonchev–Trinajstić information content (AvgIpc) is 3.27. The number of carbonyl (C=O) groups excluding carboxylic acids is 2. The summed E-state index contributed by atoms with van der Waals surface area (Å²) in [6.07, 6.45) is 0.942. The van der Waals surface area contributed by atoms with E-state index in [-0.39, 0.29) is 29.0 Å². The second-order valence-corrected chi connectivity index (χ2v) is 8.92. The van der Waals surface area contributed by atoms with Crippen LogP contribution in [0.1, 0.15) is 28.5 Å². The summed E-state index contributed by atoms with van der Waals surface area (Å²) >= 11 is 0.953. The van der Waals surface area contributed by atoms with Crippen molar-refractivity contribution in [2.24, 2.45) is 5.92 Å². The lowest BCUT2D eigenvalue weighted by molar-refractivity contribution is 0.0590. The number of pyridine rings is 1. The van der Waals surface area contributed by atoms with E-state index in [0.29, 0.717) is 36.1 Å². The summed E-state index contributed by atoms with van der Waals surface area (Å²) in [5.74, 6) is 0.697. The molecule has 0 aliphatic carbocycles. The number of fused-ring (bicyclic) bond motifs is 4. The molecule has 1 fully saturated rings. The van der Waals surface area contributed by atoms with Crippen molar-refractivity contribution in [2.45, 2.75) is 18.9 Å². The molecule has 1 aromatic carbocycles. The van der Waals surface area contributed by atoms with Gasteiger partial charge in [0.2, 0.25) is 0 Å². The number of rotatable bonds is 4. The fourth-order valence-electron chi connectivity index (χ4n) is 4.56. The Morgan fingerprint density at radius 1 is 1.09 bits per heavy atom. The van der Waals surface area contributed by atoms with Crippen molar-refractivity contribution in [3.05, 3.63) is 64.2 Å². The molecular weight excluding hydrogens is 444 g/mol. The molecule has 3 amide bonds. The van der Waals surface area contributed by atoms with E-state index in [2.05, 4.69) is 20.2 Å². The van der Waals surface area contributed by atoms with Crippen LogP contribution in [0.15, 0.2) is 47.3 Å². The van der Waals surface area contributed by atoms with Gasteiger partial charge >= 0.3 is 6.03 Å². The quantitative estimate of drug-likeness (QED) is 0.610. The lowest BCUT2D eigenvalue weighted by Crippen LogP contribution is -2.49. The van der Waals surface area contributed by atoms with Crippen LogP contribution < -0.4 is 20.9 Å². The molecule has 0 spiro atoms. The number of nitrogens with one attached hydrogen (secondary N) is 2. The van der Waals surface area contributed by atoms with E-state index >= 15 is 0 Å². The highest BCUT2D eigenvalue weighted by Crippen LogP contribution is 2.36. The Morgan fingerprint density at radius 3 is 2.70 bits per heavy atom. The molecule has 1 saturated heterocycles. The molecule has 3 aromatic rings. The number of aromatic nitrogens is 3. The van der Waals surface area contributed by atoms with E-state index in [4.69, 9.17) is 4.74 Å². The van der Waals surface area contributed by atoms with Crippen molar-refractivity contribution in [1.29, 1.82) is 0 Å². The van der Waals surface area contributed by atoms with E-state index in [1.807, 2.05) is 10.6 Å². The Balaban J connectivity index is 1.28. The third-order valence-corrected chi connectivity index (χ3v) is 6.67. The van der Waals surface area contributed by atoms with Gasteiger partial charge < -0.3 is 19.5 Å². The topological polar surface area (TPSA) is 118 Å². The molecule has 2 aromatic heterocycles. The van der Waals surface area contributed by atoms with Crippen molar-refractivity contribution in [3.8, 4) is 5.75 Å². The van der Waals surface area contributed by atoms with Crippen LogP contribution >= 0.6 is 11.5 Å². The number of methoxy groups -OCH3 is 1. The highest BCUT2D eigenvalue weighted by atomic mass is 32.1. The number of hydrogen-bond donors (Lipinski definition) is 2. The van der Waals surface area contributed by atoms with Gasteiger partial charge in [-0.15, -0.1) is 5.10 Å². The number of urea groups is 1.